The second kappa shape index (κ2) is 8.14. The molecular formula is C16H22ClF3N2O3S. The third kappa shape index (κ3) is 4.69. The Labute approximate surface area is 157 Å². The topological polar surface area (TPSA) is 66.5 Å². The van der Waals surface area contributed by atoms with Gasteiger partial charge in [0.05, 0.1) is 5.56 Å². The Morgan fingerprint density at radius 1 is 1.27 bits per heavy atom. The van der Waals surface area contributed by atoms with Crippen LogP contribution in [0.1, 0.15) is 24.0 Å². The first-order chi connectivity index (χ1) is 11.5. The van der Waals surface area contributed by atoms with Gasteiger partial charge >= 0.3 is 6.18 Å². The summed E-state index contributed by atoms with van der Waals surface area (Å²) >= 11 is 0. The highest BCUT2D eigenvalue weighted by atomic mass is 35.5. The van der Waals surface area contributed by atoms with Gasteiger partial charge in [0, 0.05) is 19.8 Å². The predicted molar refractivity (Wildman–Crippen MR) is 94.8 cm³/mol. The summed E-state index contributed by atoms with van der Waals surface area (Å²) in [4.78, 5) is 14.0. The Morgan fingerprint density at radius 2 is 1.85 bits per heavy atom. The molecule has 1 fully saturated rings. The van der Waals surface area contributed by atoms with Crippen molar-refractivity contribution in [1.82, 2.24) is 10.2 Å². The summed E-state index contributed by atoms with van der Waals surface area (Å²) in [5.41, 5.74) is -0.506. The van der Waals surface area contributed by atoms with Gasteiger partial charge in [-0.15, -0.1) is 12.4 Å². The van der Waals surface area contributed by atoms with E-state index < -0.39 is 32.2 Å². The average Bonchev–Trinajstić information content (AvgIpc) is 2.53. The fourth-order valence-corrected chi connectivity index (χ4v) is 4.53. The van der Waals surface area contributed by atoms with Crippen LogP contribution < -0.4 is 5.32 Å². The number of hydrogen-bond donors (Lipinski definition) is 1. The minimum Gasteiger partial charge on any atom is -0.340 e. The van der Waals surface area contributed by atoms with E-state index in [1.165, 1.54) is 24.1 Å². The van der Waals surface area contributed by atoms with Gasteiger partial charge in [-0.3, -0.25) is 4.79 Å². The van der Waals surface area contributed by atoms with E-state index in [1.54, 1.807) is 0 Å². The summed E-state index contributed by atoms with van der Waals surface area (Å²) in [6, 6.07) is 4.68. The van der Waals surface area contributed by atoms with Crippen molar-refractivity contribution in [3.63, 3.8) is 0 Å². The van der Waals surface area contributed by atoms with Crippen LogP contribution in [0.4, 0.5) is 13.2 Å². The normalized spacial score (nSPS) is 17.3. The summed E-state index contributed by atoms with van der Waals surface area (Å²) in [5.74, 6) is -0.575. The van der Waals surface area contributed by atoms with E-state index >= 15 is 0 Å². The number of alkyl halides is 3. The van der Waals surface area contributed by atoms with Crippen molar-refractivity contribution >= 4 is 28.2 Å². The second-order valence-electron chi connectivity index (χ2n) is 6.38. The Balaban J connectivity index is 0.00000338. The SMILES string of the molecule is CN(Cc1cccc(C(F)(F)F)c1)C(=O)C1(S(C)(=O)=O)CCNCC1.Cl. The lowest BCUT2D eigenvalue weighted by Gasteiger charge is -2.37. The lowest BCUT2D eigenvalue weighted by atomic mass is 9.95. The largest absolute Gasteiger partial charge is 0.416 e. The van der Waals surface area contributed by atoms with E-state index in [1.807, 2.05) is 0 Å². The number of rotatable bonds is 4. The molecule has 0 aliphatic carbocycles. The third-order valence-corrected chi connectivity index (χ3v) is 6.53. The van der Waals surface area contributed by atoms with Crippen LogP contribution in [0.2, 0.25) is 0 Å². The van der Waals surface area contributed by atoms with Crippen LogP contribution in [0.25, 0.3) is 0 Å². The smallest absolute Gasteiger partial charge is 0.340 e. The van der Waals surface area contributed by atoms with Crippen molar-refractivity contribution in [2.45, 2.75) is 30.3 Å². The molecule has 26 heavy (non-hydrogen) atoms. The molecule has 1 aliphatic rings. The number of piperidine rings is 1. The molecule has 0 saturated carbocycles. The minimum absolute atomic E-state index is 0. The maximum absolute atomic E-state index is 12.8. The maximum Gasteiger partial charge on any atom is 0.416 e. The summed E-state index contributed by atoms with van der Waals surface area (Å²) in [5, 5.41) is 3.02. The molecule has 1 aliphatic heterocycles. The highest BCUT2D eigenvalue weighted by molar-refractivity contribution is 7.92. The van der Waals surface area contributed by atoms with Crippen molar-refractivity contribution in [2.24, 2.45) is 0 Å². The molecule has 1 aromatic carbocycles. The molecule has 148 valence electrons. The van der Waals surface area contributed by atoms with Gasteiger partial charge in [-0.1, -0.05) is 12.1 Å². The fourth-order valence-electron chi connectivity index (χ4n) is 3.11. The summed E-state index contributed by atoms with van der Waals surface area (Å²) < 4.78 is 61.4. The molecule has 5 nitrogen and oxygen atoms in total. The third-order valence-electron chi connectivity index (χ3n) is 4.53. The predicted octanol–water partition coefficient (Wildman–Crippen LogP) is 2.25. The first kappa shape index (κ1) is 22.7. The average molecular weight is 415 g/mol. The molecule has 1 N–H and O–H groups in total. The molecule has 10 heteroatoms. The zero-order valence-corrected chi connectivity index (χ0v) is 16.1. The van der Waals surface area contributed by atoms with Gasteiger partial charge in [-0.2, -0.15) is 13.2 Å². The van der Waals surface area contributed by atoms with E-state index in [0.29, 0.717) is 18.7 Å². The lowest BCUT2D eigenvalue weighted by Crippen LogP contribution is -2.57. The summed E-state index contributed by atoms with van der Waals surface area (Å²) in [6.07, 6.45) is -3.13. The molecule has 1 heterocycles. The number of sulfone groups is 1. The van der Waals surface area contributed by atoms with Gasteiger partial charge < -0.3 is 10.2 Å². The Morgan fingerprint density at radius 3 is 2.35 bits per heavy atom. The van der Waals surface area contributed by atoms with E-state index in [-0.39, 0.29) is 31.8 Å². The first-order valence-electron chi connectivity index (χ1n) is 7.79. The van der Waals surface area contributed by atoms with Crippen molar-refractivity contribution in [3.8, 4) is 0 Å². The molecule has 1 saturated heterocycles. The summed E-state index contributed by atoms with van der Waals surface area (Å²) in [6.45, 7) is 0.708. The van der Waals surface area contributed by atoms with Crippen molar-refractivity contribution < 1.29 is 26.4 Å². The molecule has 1 aromatic rings. The number of carbonyl (C=O) groups is 1. The maximum atomic E-state index is 12.8. The monoisotopic (exact) mass is 414 g/mol. The van der Waals surface area contributed by atoms with E-state index in [2.05, 4.69) is 5.32 Å². The minimum atomic E-state index is -4.47. The number of nitrogens with one attached hydrogen (secondary N) is 1. The van der Waals surface area contributed by atoms with Gasteiger partial charge in [-0.25, -0.2) is 8.42 Å². The number of hydrogen-bond acceptors (Lipinski definition) is 4. The Hall–Kier alpha value is -1.32. The van der Waals surface area contributed by atoms with E-state index in [4.69, 9.17) is 0 Å². The molecular weight excluding hydrogens is 393 g/mol. The van der Waals surface area contributed by atoms with Gasteiger partial charge in [0.2, 0.25) is 5.91 Å². The van der Waals surface area contributed by atoms with Crippen LogP contribution in [0.5, 0.6) is 0 Å². The van der Waals surface area contributed by atoms with Crippen LogP contribution in [0.15, 0.2) is 24.3 Å². The number of benzene rings is 1. The molecule has 0 spiro atoms. The highest BCUT2D eigenvalue weighted by Crippen LogP contribution is 2.32. The van der Waals surface area contributed by atoms with Gasteiger partial charge in [0.15, 0.2) is 14.6 Å². The number of nitrogens with zero attached hydrogens (tertiary/aromatic N) is 1. The van der Waals surface area contributed by atoms with Crippen LogP contribution in [-0.2, 0) is 27.4 Å². The standard InChI is InChI=1S/C16H21F3N2O3S.ClH/c1-21(11-12-4-3-5-13(10-12)16(17,18)19)14(22)15(25(2,23)24)6-8-20-9-7-15;/h3-5,10,20H,6-9,11H2,1-2H3;1H. The molecule has 0 bridgehead atoms. The Kier molecular flexibility index (Phi) is 7.11. The molecule has 0 radical (unpaired) electrons. The first-order valence-corrected chi connectivity index (χ1v) is 9.68. The second-order valence-corrected chi connectivity index (χ2v) is 8.70. The zero-order chi connectivity index (χ0) is 18.9. The van der Waals surface area contributed by atoms with E-state index in [0.717, 1.165) is 18.4 Å². The van der Waals surface area contributed by atoms with Crippen molar-refractivity contribution in [2.75, 3.05) is 26.4 Å². The van der Waals surface area contributed by atoms with Crippen LogP contribution in [0, 0.1) is 0 Å². The van der Waals surface area contributed by atoms with Crippen LogP contribution >= 0.6 is 12.4 Å². The Bertz CT molecular complexity index is 747. The number of halogens is 4. The fraction of sp³-hybridized carbons (Fsp3) is 0.562. The number of amides is 1. The van der Waals surface area contributed by atoms with Gasteiger partial charge in [0.25, 0.3) is 0 Å². The van der Waals surface area contributed by atoms with Gasteiger partial charge in [-0.05, 0) is 43.6 Å². The van der Waals surface area contributed by atoms with Crippen molar-refractivity contribution in [3.05, 3.63) is 35.4 Å². The number of carbonyl (C=O) groups excluding carboxylic acids is 1. The lowest BCUT2D eigenvalue weighted by molar-refractivity contribution is -0.137. The summed E-state index contributed by atoms with van der Waals surface area (Å²) in [7, 11) is -2.25. The van der Waals surface area contributed by atoms with Crippen molar-refractivity contribution in [1.29, 1.82) is 0 Å². The molecule has 0 aromatic heterocycles. The van der Waals surface area contributed by atoms with Crippen LogP contribution in [0.3, 0.4) is 0 Å². The van der Waals surface area contributed by atoms with Crippen LogP contribution in [-0.4, -0.2) is 50.4 Å². The molecule has 0 atom stereocenters. The zero-order valence-electron chi connectivity index (χ0n) is 14.5. The molecule has 2 rings (SSSR count). The highest BCUT2D eigenvalue weighted by Gasteiger charge is 2.49. The quantitative estimate of drug-likeness (QED) is 0.820. The molecule has 1 amide bonds. The van der Waals surface area contributed by atoms with Gasteiger partial charge in [0.1, 0.15) is 0 Å². The molecule has 0 unspecified atom stereocenters. The van der Waals surface area contributed by atoms with E-state index in [9.17, 15) is 26.4 Å².